The molecule has 1 saturated heterocycles. The Balaban J connectivity index is 1.65. The zero-order valence-corrected chi connectivity index (χ0v) is 13.4. The van der Waals surface area contributed by atoms with Gasteiger partial charge in [0.25, 0.3) is 0 Å². The minimum Gasteiger partial charge on any atom is -0.356 e. The molecule has 1 aliphatic rings. The van der Waals surface area contributed by atoms with Crippen molar-refractivity contribution >= 4 is 5.91 Å². The Hall–Kier alpha value is -1.42. The molecule has 1 aromatic rings. The van der Waals surface area contributed by atoms with Crippen LogP contribution in [-0.4, -0.2) is 25.5 Å². The molecule has 2 unspecified atom stereocenters. The van der Waals surface area contributed by atoms with Crippen LogP contribution in [0.1, 0.15) is 38.2 Å². The molecule has 0 saturated carbocycles. The van der Waals surface area contributed by atoms with Crippen molar-refractivity contribution in [1.82, 2.24) is 10.6 Å². The molecule has 0 spiro atoms. The van der Waals surface area contributed by atoms with Crippen LogP contribution < -0.4 is 10.6 Å². The van der Waals surface area contributed by atoms with Crippen molar-refractivity contribution in [3.63, 3.8) is 0 Å². The summed E-state index contributed by atoms with van der Waals surface area (Å²) in [5.41, 5.74) is 0.690. The summed E-state index contributed by atoms with van der Waals surface area (Å²) in [6, 6.07) is 6.78. The van der Waals surface area contributed by atoms with Crippen LogP contribution in [0.5, 0.6) is 0 Å². The molecule has 1 aliphatic heterocycles. The number of aryl methyl sites for hydroxylation is 1. The second-order valence-corrected chi connectivity index (χ2v) is 6.32. The van der Waals surface area contributed by atoms with Crippen LogP contribution in [-0.2, 0) is 11.2 Å². The third-order valence-corrected chi connectivity index (χ3v) is 4.50. The lowest BCUT2D eigenvalue weighted by Gasteiger charge is -2.23. The average molecular weight is 306 g/mol. The SMILES string of the molecule is CC(CCc1ccccc1F)C(=O)NCCC1CCCNC1. The van der Waals surface area contributed by atoms with Crippen molar-refractivity contribution in [2.45, 2.75) is 39.0 Å². The quantitative estimate of drug-likeness (QED) is 0.813. The van der Waals surface area contributed by atoms with E-state index in [1.165, 1.54) is 18.9 Å². The van der Waals surface area contributed by atoms with Crippen LogP contribution in [0.3, 0.4) is 0 Å². The molecule has 4 heteroatoms. The second-order valence-electron chi connectivity index (χ2n) is 6.32. The van der Waals surface area contributed by atoms with Gasteiger partial charge < -0.3 is 10.6 Å². The third-order valence-electron chi connectivity index (χ3n) is 4.50. The number of halogens is 1. The minimum atomic E-state index is -0.181. The maximum atomic E-state index is 13.5. The van der Waals surface area contributed by atoms with Crippen molar-refractivity contribution in [2.24, 2.45) is 11.8 Å². The van der Waals surface area contributed by atoms with E-state index in [1.54, 1.807) is 12.1 Å². The fourth-order valence-corrected chi connectivity index (χ4v) is 2.95. The molecule has 2 rings (SSSR count). The summed E-state index contributed by atoms with van der Waals surface area (Å²) in [6.45, 7) is 4.85. The Kier molecular flexibility index (Phi) is 6.84. The number of piperidine rings is 1. The molecule has 0 radical (unpaired) electrons. The first kappa shape index (κ1) is 16.9. The summed E-state index contributed by atoms with van der Waals surface area (Å²) >= 11 is 0. The molecule has 1 fully saturated rings. The Morgan fingerprint density at radius 2 is 2.27 bits per heavy atom. The Labute approximate surface area is 132 Å². The first-order valence-corrected chi connectivity index (χ1v) is 8.38. The van der Waals surface area contributed by atoms with Crippen LogP contribution in [0.15, 0.2) is 24.3 Å². The molecule has 2 atom stereocenters. The fraction of sp³-hybridized carbons (Fsp3) is 0.611. The number of carbonyl (C=O) groups is 1. The highest BCUT2D eigenvalue weighted by molar-refractivity contribution is 5.78. The van der Waals surface area contributed by atoms with Crippen molar-refractivity contribution < 1.29 is 9.18 Å². The zero-order chi connectivity index (χ0) is 15.8. The van der Waals surface area contributed by atoms with E-state index >= 15 is 0 Å². The van der Waals surface area contributed by atoms with E-state index in [0.29, 0.717) is 24.3 Å². The van der Waals surface area contributed by atoms with Gasteiger partial charge in [-0.05, 0) is 62.7 Å². The van der Waals surface area contributed by atoms with E-state index in [0.717, 1.165) is 26.1 Å². The lowest BCUT2D eigenvalue weighted by Crippen LogP contribution is -2.35. The number of carbonyl (C=O) groups excluding carboxylic acids is 1. The molecule has 1 aromatic carbocycles. The first-order chi connectivity index (χ1) is 10.7. The van der Waals surface area contributed by atoms with Gasteiger partial charge in [0, 0.05) is 12.5 Å². The molecule has 2 N–H and O–H groups in total. The summed E-state index contributed by atoms with van der Waals surface area (Å²) in [6.07, 6.45) is 4.81. The monoisotopic (exact) mass is 306 g/mol. The van der Waals surface area contributed by atoms with Gasteiger partial charge in [-0.25, -0.2) is 4.39 Å². The largest absolute Gasteiger partial charge is 0.356 e. The van der Waals surface area contributed by atoms with E-state index in [2.05, 4.69) is 10.6 Å². The summed E-state index contributed by atoms with van der Waals surface area (Å²) in [4.78, 5) is 12.1. The number of nitrogens with one attached hydrogen (secondary N) is 2. The molecular formula is C18H27FN2O. The first-order valence-electron chi connectivity index (χ1n) is 8.38. The van der Waals surface area contributed by atoms with E-state index in [-0.39, 0.29) is 17.6 Å². The summed E-state index contributed by atoms with van der Waals surface area (Å²) in [5.74, 6) is 0.506. The van der Waals surface area contributed by atoms with Gasteiger partial charge in [-0.1, -0.05) is 25.1 Å². The molecular weight excluding hydrogens is 279 g/mol. The highest BCUT2D eigenvalue weighted by Crippen LogP contribution is 2.15. The predicted octanol–water partition coefficient (Wildman–Crippen LogP) is 2.90. The number of amides is 1. The molecule has 0 aromatic heterocycles. The van der Waals surface area contributed by atoms with E-state index in [4.69, 9.17) is 0 Å². The van der Waals surface area contributed by atoms with Crippen LogP contribution >= 0.6 is 0 Å². The lowest BCUT2D eigenvalue weighted by atomic mass is 9.96. The minimum absolute atomic E-state index is 0.0795. The van der Waals surface area contributed by atoms with Crippen LogP contribution in [0, 0.1) is 17.7 Å². The number of hydrogen-bond donors (Lipinski definition) is 2. The summed E-state index contributed by atoms with van der Waals surface area (Å²) in [5, 5.41) is 6.41. The molecule has 0 bridgehead atoms. The van der Waals surface area contributed by atoms with Gasteiger partial charge in [0.15, 0.2) is 0 Å². The summed E-state index contributed by atoms with van der Waals surface area (Å²) in [7, 11) is 0. The Morgan fingerprint density at radius 1 is 1.45 bits per heavy atom. The standard InChI is InChI=1S/C18H27FN2O/c1-14(8-9-16-6-2-3-7-17(16)19)18(22)21-12-10-15-5-4-11-20-13-15/h2-3,6-7,14-15,20H,4-5,8-13H2,1H3,(H,21,22). The van der Waals surface area contributed by atoms with Crippen molar-refractivity contribution in [1.29, 1.82) is 0 Å². The topological polar surface area (TPSA) is 41.1 Å². The second kappa shape index (κ2) is 8.89. The highest BCUT2D eigenvalue weighted by Gasteiger charge is 2.16. The Morgan fingerprint density at radius 3 is 3.00 bits per heavy atom. The van der Waals surface area contributed by atoms with Gasteiger partial charge in [0.1, 0.15) is 5.82 Å². The molecule has 22 heavy (non-hydrogen) atoms. The van der Waals surface area contributed by atoms with E-state index in [1.807, 2.05) is 13.0 Å². The van der Waals surface area contributed by atoms with Gasteiger partial charge in [-0.2, -0.15) is 0 Å². The molecule has 3 nitrogen and oxygen atoms in total. The zero-order valence-electron chi connectivity index (χ0n) is 13.4. The van der Waals surface area contributed by atoms with E-state index in [9.17, 15) is 9.18 Å². The van der Waals surface area contributed by atoms with Gasteiger partial charge >= 0.3 is 0 Å². The van der Waals surface area contributed by atoms with E-state index < -0.39 is 0 Å². The summed E-state index contributed by atoms with van der Waals surface area (Å²) < 4.78 is 13.5. The third kappa shape index (κ3) is 5.41. The van der Waals surface area contributed by atoms with Crippen LogP contribution in [0.4, 0.5) is 4.39 Å². The number of hydrogen-bond acceptors (Lipinski definition) is 2. The number of rotatable bonds is 7. The Bertz CT molecular complexity index is 472. The van der Waals surface area contributed by atoms with Crippen LogP contribution in [0.2, 0.25) is 0 Å². The average Bonchev–Trinajstić information content (AvgIpc) is 2.54. The fourth-order valence-electron chi connectivity index (χ4n) is 2.95. The van der Waals surface area contributed by atoms with Gasteiger partial charge in [-0.3, -0.25) is 4.79 Å². The predicted molar refractivity (Wildman–Crippen MR) is 87.1 cm³/mol. The normalized spacial score (nSPS) is 19.6. The smallest absolute Gasteiger partial charge is 0.222 e. The van der Waals surface area contributed by atoms with Crippen LogP contribution in [0.25, 0.3) is 0 Å². The van der Waals surface area contributed by atoms with Gasteiger partial charge in [-0.15, -0.1) is 0 Å². The van der Waals surface area contributed by atoms with Gasteiger partial charge in [0.2, 0.25) is 5.91 Å². The maximum Gasteiger partial charge on any atom is 0.222 e. The number of benzene rings is 1. The lowest BCUT2D eigenvalue weighted by molar-refractivity contribution is -0.124. The van der Waals surface area contributed by atoms with Gasteiger partial charge in [0.05, 0.1) is 0 Å². The molecule has 0 aliphatic carbocycles. The van der Waals surface area contributed by atoms with Crippen molar-refractivity contribution in [3.8, 4) is 0 Å². The highest BCUT2D eigenvalue weighted by atomic mass is 19.1. The molecule has 1 amide bonds. The van der Waals surface area contributed by atoms with Crippen molar-refractivity contribution in [3.05, 3.63) is 35.6 Å². The molecule has 122 valence electrons. The van der Waals surface area contributed by atoms with Crippen molar-refractivity contribution in [2.75, 3.05) is 19.6 Å². The maximum absolute atomic E-state index is 13.5. The molecule has 1 heterocycles.